The minimum absolute atomic E-state index is 0.0900. The molecule has 0 aliphatic rings. The molecular formula is C29H29N5O4. The molecular weight excluding hydrogens is 482 g/mol. The fraction of sp³-hybridized carbons (Fsp3) is 0.172. The van der Waals surface area contributed by atoms with Gasteiger partial charge in [-0.2, -0.15) is 0 Å². The third kappa shape index (κ3) is 6.07. The second-order valence-corrected chi connectivity index (χ2v) is 8.85. The molecule has 0 spiro atoms. The van der Waals surface area contributed by atoms with E-state index in [4.69, 9.17) is 11.5 Å². The number of aliphatic carboxylic acids is 1. The first-order chi connectivity index (χ1) is 18.3. The van der Waals surface area contributed by atoms with Crippen molar-refractivity contribution < 1.29 is 14.7 Å². The van der Waals surface area contributed by atoms with Crippen LogP contribution in [0.2, 0.25) is 0 Å². The summed E-state index contributed by atoms with van der Waals surface area (Å²) in [5.74, 6) is -2.04. The van der Waals surface area contributed by atoms with E-state index >= 15 is 0 Å². The highest BCUT2D eigenvalue weighted by Gasteiger charge is 2.22. The Morgan fingerprint density at radius 1 is 0.921 bits per heavy atom. The molecule has 1 amide bonds. The van der Waals surface area contributed by atoms with Gasteiger partial charge in [-0.3, -0.25) is 14.6 Å². The van der Waals surface area contributed by atoms with Gasteiger partial charge in [0.15, 0.2) is 5.96 Å². The molecule has 4 rings (SSSR count). The quantitative estimate of drug-likeness (QED) is 0.146. The van der Waals surface area contributed by atoms with Crippen LogP contribution in [0.3, 0.4) is 0 Å². The van der Waals surface area contributed by atoms with Crippen molar-refractivity contribution in [3.8, 4) is 11.1 Å². The Kier molecular flexibility index (Phi) is 8.17. The van der Waals surface area contributed by atoms with Crippen LogP contribution < -0.4 is 22.3 Å². The normalized spacial score (nSPS) is 11.6. The van der Waals surface area contributed by atoms with E-state index in [0.717, 1.165) is 27.5 Å². The van der Waals surface area contributed by atoms with Crippen LogP contribution in [0.4, 0.5) is 0 Å². The van der Waals surface area contributed by atoms with E-state index in [-0.39, 0.29) is 31.0 Å². The minimum atomic E-state index is -1.21. The third-order valence-corrected chi connectivity index (χ3v) is 6.25. The fourth-order valence-corrected chi connectivity index (χ4v) is 4.40. The van der Waals surface area contributed by atoms with Crippen LogP contribution >= 0.6 is 0 Å². The highest BCUT2D eigenvalue weighted by atomic mass is 16.4. The number of hydrogen-bond acceptors (Lipinski definition) is 4. The number of carbonyl (C=O) groups is 2. The van der Waals surface area contributed by atoms with Crippen LogP contribution in [-0.2, 0) is 11.3 Å². The van der Waals surface area contributed by atoms with E-state index in [1.54, 1.807) is 12.3 Å². The van der Waals surface area contributed by atoms with E-state index in [1.807, 2.05) is 48.5 Å². The Morgan fingerprint density at radius 2 is 1.63 bits per heavy atom. The highest BCUT2D eigenvalue weighted by Crippen LogP contribution is 2.31. The second kappa shape index (κ2) is 11.9. The monoisotopic (exact) mass is 511 g/mol. The average molecular weight is 512 g/mol. The zero-order valence-corrected chi connectivity index (χ0v) is 20.7. The average Bonchev–Trinajstić information content (AvgIpc) is 2.91. The lowest BCUT2D eigenvalue weighted by molar-refractivity contribution is -0.139. The molecule has 0 fully saturated rings. The molecule has 4 aromatic rings. The summed E-state index contributed by atoms with van der Waals surface area (Å²) >= 11 is 0. The molecule has 0 unspecified atom stereocenters. The molecule has 38 heavy (non-hydrogen) atoms. The Balaban J connectivity index is 1.58. The van der Waals surface area contributed by atoms with E-state index in [2.05, 4.69) is 28.5 Å². The minimum Gasteiger partial charge on any atom is -0.480 e. The number of benzene rings is 3. The largest absolute Gasteiger partial charge is 0.480 e. The van der Waals surface area contributed by atoms with Crippen molar-refractivity contribution in [3.05, 3.63) is 107 Å². The second-order valence-electron chi connectivity index (χ2n) is 8.85. The number of amides is 1. The van der Waals surface area contributed by atoms with E-state index in [9.17, 15) is 19.5 Å². The number of aliphatic imine (C=N–C) groups is 1. The highest BCUT2D eigenvalue weighted by molar-refractivity contribution is 5.97. The summed E-state index contributed by atoms with van der Waals surface area (Å²) in [6, 6.07) is 23.8. The van der Waals surface area contributed by atoms with Gasteiger partial charge >= 0.3 is 5.97 Å². The van der Waals surface area contributed by atoms with Gasteiger partial charge in [-0.15, -0.1) is 0 Å². The number of nitrogens with two attached hydrogens (primary N) is 2. The lowest BCUT2D eigenvalue weighted by Gasteiger charge is -2.16. The van der Waals surface area contributed by atoms with Crippen molar-refractivity contribution in [3.63, 3.8) is 0 Å². The Hall–Kier alpha value is -4.92. The molecule has 0 saturated carbocycles. The van der Waals surface area contributed by atoms with Crippen molar-refractivity contribution >= 4 is 28.6 Å². The maximum atomic E-state index is 13.3. The molecule has 1 aromatic heterocycles. The standard InChI is InChI=1S/C29H29N5O4/c30-29(31)32-16-6-15-25(28(37)38)33-26(35)24-14-7-17-34(27(24)36)18-20-9-2-4-12-22(20)23-13-5-10-19-8-1-3-11-21(19)23/h1-5,7-14,17,25H,6,15-16,18H2,(H,33,35)(H,37,38)(H4,30,31,32)/t25-/m0/s1. The van der Waals surface area contributed by atoms with Crippen LogP contribution in [0.5, 0.6) is 0 Å². The van der Waals surface area contributed by atoms with Crippen molar-refractivity contribution in [2.45, 2.75) is 25.4 Å². The summed E-state index contributed by atoms with van der Waals surface area (Å²) in [5, 5.41) is 14.2. The number of hydrogen-bond donors (Lipinski definition) is 4. The number of pyridine rings is 1. The molecule has 1 atom stereocenters. The number of aromatic nitrogens is 1. The predicted molar refractivity (Wildman–Crippen MR) is 148 cm³/mol. The van der Waals surface area contributed by atoms with Gasteiger partial charge in [0.1, 0.15) is 11.6 Å². The van der Waals surface area contributed by atoms with Crippen molar-refractivity contribution in [2.24, 2.45) is 16.5 Å². The summed E-state index contributed by atoms with van der Waals surface area (Å²) in [6.45, 7) is 0.469. The zero-order valence-electron chi connectivity index (χ0n) is 20.7. The predicted octanol–water partition coefficient (Wildman–Crippen LogP) is 2.95. The van der Waals surface area contributed by atoms with Gasteiger partial charge in [-0.25, -0.2) is 4.79 Å². The number of carboxylic acids is 1. The topological polar surface area (TPSA) is 153 Å². The summed E-state index contributed by atoms with van der Waals surface area (Å²) < 4.78 is 1.45. The maximum absolute atomic E-state index is 13.3. The van der Waals surface area contributed by atoms with Crippen molar-refractivity contribution in [2.75, 3.05) is 6.54 Å². The number of fused-ring (bicyclic) bond motifs is 1. The van der Waals surface area contributed by atoms with Gasteiger partial charge in [0.25, 0.3) is 11.5 Å². The van der Waals surface area contributed by atoms with E-state index in [1.165, 1.54) is 10.6 Å². The van der Waals surface area contributed by atoms with Gasteiger partial charge in [0, 0.05) is 12.7 Å². The molecule has 0 bridgehead atoms. The first-order valence-electron chi connectivity index (χ1n) is 12.2. The molecule has 0 saturated heterocycles. The van der Waals surface area contributed by atoms with Crippen LogP contribution in [-0.4, -0.2) is 40.1 Å². The van der Waals surface area contributed by atoms with Gasteiger partial charge < -0.3 is 26.5 Å². The Bertz CT molecular complexity index is 1550. The van der Waals surface area contributed by atoms with Crippen LogP contribution in [0.25, 0.3) is 21.9 Å². The van der Waals surface area contributed by atoms with Gasteiger partial charge in [0.2, 0.25) is 0 Å². The molecule has 9 heteroatoms. The Morgan fingerprint density at radius 3 is 2.42 bits per heavy atom. The number of carbonyl (C=O) groups excluding carboxylic acids is 1. The smallest absolute Gasteiger partial charge is 0.326 e. The summed E-state index contributed by atoms with van der Waals surface area (Å²) in [4.78, 5) is 41.7. The summed E-state index contributed by atoms with van der Waals surface area (Å²) in [6.07, 6.45) is 2.07. The van der Waals surface area contributed by atoms with E-state index < -0.39 is 23.5 Å². The third-order valence-electron chi connectivity index (χ3n) is 6.25. The van der Waals surface area contributed by atoms with Gasteiger partial charge in [0.05, 0.1) is 6.54 Å². The number of nitrogens with zero attached hydrogens (tertiary/aromatic N) is 2. The molecule has 1 heterocycles. The summed E-state index contributed by atoms with van der Waals surface area (Å²) in [5.41, 5.74) is 12.9. The molecule has 9 nitrogen and oxygen atoms in total. The molecule has 0 radical (unpaired) electrons. The molecule has 0 aliphatic carbocycles. The maximum Gasteiger partial charge on any atom is 0.326 e. The lowest BCUT2D eigenvalue weighted by atomic mass is 9.94. The van der Waals surface area contributed by atoms with Crippen molar-refractivity contribution in [1.82, 2.24) is 9.88 Å². The van der Waals surface area contributed by atoms with Crippen LogP contribution in [0.15, 0.2) is 94.8 Å². The van der Waals surface area contributed by atoms with Crippen molar-refractivity contribution in [1.29, 1.82) is 0 Å². The van der Waals surface area contributed by atoms with Gasteiger partial charge in [-0.1, -0.05) is 66.7 Å². The molecule has 3 aromatic carbocycles. The number of nitrogens with one attached hydrogen (secondary N) is 1. The molecule has 6 N–H and O–H groups in total. The molecule has 194 valence electrons. The Labute approximate surface area is 219 Å². The SMILES string of the molecule is NC(N)=NCCC[C@H](NC(=O)c1cccn(Cc2ccccc2-c2cccc3ccccc23)c1=O)C(=O)O. The summed E-state index contributed by atoms with van der Waals surface area (Å²) in [7, 11) is 0. The zero-order chi connectivity index (χ0) is 27.1. The van der Waals surface area contributed by atoms with Crippen LogP contribution in [0.1, 0.15) is 28.8 Å². The fourth-order valence-electron chi connectivity index (χ4n) is 4.40. The van der Waals surface area contributed by atoms with E-state index in [0.29, 0.717) is 6.42 Å². The number of guanidine groups is 1. The number of carboxylic acid groups (broad SMARTS) is 1. The first kappa shape index (κ1) is 26.2. The molecule has 0 aliphatic heterocycles. The van der Waals surface area contributed by atoms with Crippen LogP contribution in [0, 0.1) is 0 Å². The van der Waals surface area contributed by atoms with Gasteiger partial charge in [-0.05, 0) is 52.4 Å². The lowest BCUT2D eigenvalue weighted by Crippen LogP contribution is -2.43. The number of rotatable bonds is 10. The first-order valence-corrected chi connectivity index (χ1v) is 12.2.